The average molecular weight is 447 g/mol. The van der Waals surface area contributed by atoms with Gasteiger partial charge in [0.05, 0.1) is 20.6 Å². The summed E-state index contributed by atoms with van der Waals surface area (Å²) < 4.78 is 6.89. The summed E-state index contributed by atoms with van der Waals surface area (Å²) in [6.07, 6.45) is 16.3. The zero-order valence-corrected chi connectivity index (χ0v) is 20.2. The predicted octanol–water partition coefficient (Wildman–Crippen LogP) is 6.01. The molecule has 0 spiro atoms. The Morgan fingerprint density at radius 1 is 0.938 bits per heavy atom. The maximum atomic E-state index is 9.77. The van der Waals surface area contributed by atoms with Gasteiger partial charge in [-0.25, -0.2) is 0 Å². The first-order chi connectivity index (χ1) is 15.4. The Hall–Kier alpha value is -2.41. The molecule has 0 aliphatic rings. The first-order valence-corrected chi connectivity index (χ1v) is 12.0. The van der Waals surface area contributed by atoms with Crippen molar-refractivity contribution < 1.29 is 14.1 Å². The molecule has 180 valence electrons. The van der Waals surface area contributed by atoms with Crippen LogP contribution in [0.15, 0.2) is 42.9 Å². The van der Waals surface area contributed by atoms with E-state index < -0.39 is 4.92 Å². The van der Waals surface area contributed by atoms with Crippen molar-refractivity contribution in [2.24, 2.45) is 0 Å². The average Bonchev–Trinajstić information content (AvgIpc) is 3.32. The number of quaternary nitrogens is 1. The normalized spacial score (nSPS) is 11.0. The number of aromatic nitrogens is 2. The molecular formula is C25H42N4O3. The van der Waals surface area contributed by atoms with Crippen molar-refractivity contribution in [1.29, 1.82) is 0 Å². The molecule has 0 atom stereocenters. The number of hydrogen-bond donors (Lipinski definition) is 0. The van der Waals surface area contributed by atoms with E-state index in [1.54, 1.807) is 0 Å². The maximum Gasteiger partial charge on any atom is 0.158 e. The Morgan fingerprint density at radius 3 is 2.03 bits per heavy atom. The van der Waals surface area contributed by atoms with Crippen molar-refractivity contribution in [1.82, 2.24) is 9.97 Å². The zero-order valence-electron chi connectivity index (χ0n) is 20.2. The minimum atomic E-state index is -0.590. The summed E-state index contributed by atoms with van der Waals surface area (Å²) in [5, 5.41) is 9.77. The Morgan fingerprint density at radius 2 is 1.53 bits per heavy atom. The summed E-state index contributed by atoms with van der Waals surface area (Å²) in [4.78, 5) is 15.9. The van der Waals surface area contributed by atoms with Gasteiger partial charge in [0.2, 0.25) is 0 Å². The van der Waals surface area contributed by atoms with Gasteiger partial charge in [0.1, 0.15) is 18.9 Å². The molecule has 0 saturated heterocycles. The predicted molar refractivity (Wildman–Crippen MR) is 130 cm³/mol. The van der Waals surface area contributed by atoms with Crippen LogP contribution < -0.4 is 9.72 Å². The van der Waals surface area contributed by atoms with Crippen molar-refractivity contribution >= 4 is 5.82 Å². The van der Waals surface area contributed by atoms with E-state index in [-0.39, 0.29) is 5.82 Å². The summed E-state index contributed by atoms with van der Waals surface area (Å²) in [7, 11) is 4.64. The molecule has 2 aromatic rings. The van der Waals surface area contributed by atoms with E-state index in [0.717, 1.165) is 35.9 Å². The van der Waals surface area contributed by atoms with Gasteiger partial charge in [-0.1, -0.05) is 87.7 Å². The van der Waals surface area contributed by atoms with Gasteiger partial charge >= 0.3 is 0 Å². The van der Waals surface area contributed by atoms with Crippen LogP contribution >= 0.6 is 0 Å². The third-order valence-electron chi connectivity index (χ3n) is 5.46. The third kappa shape index (κ3) is 14.6. The highest BCUT2D eigenvalue weighted by atomic mass is 16.6. The molecule has 0 saturated carbocycles. The van der Waals surface area contributed by atoms with Gasteiger partial charge in [-0.05, 0) is 31.2 Å². The Balaban J connectivity index is 0.000000533. The van der Waals surface area contributed by atoms with Gasteiger partial charge in [-0.3, -0.25) is 0 Å². The largest absolute Gasteiger partial charge is 0.488 e. The first kappa shape index (κ1) is 27.6. The lowest BCUT2D eigenvalue weighted by molar-refractivity contribution is -0.890. The SMILES string of the molecule is CCCCCCCCCCCC[N+](C)(C)CCOc1ccccc1.O=[N+]([O-])c1c[n-]cn1. The van der Waals surface area contributed by atoms with Crippen LogP contribution in [0.2, 0.25) is 0 Å². The lowest BCUT2D eigenvalue weighted by atomic mass is 10.1. The van der Waals surface area contributed by atoms with Gasteiger partial charge in [-0.2, -0.15) is 0 Å². The second-order valence-electron chi connectivity index (χ2n) is 8.86. The van der Waals surface area contributed by atoms with E-state index in [0.29, 0.717) is 0 Å². The van der Waals surface area contributed by atoms with Crippen LogP contribution in [0.1, 0.15) is 71.1 Å². The number of para-hydroxylation sites is 1. The van der Waals surface area contributed by atoms with Crippen molar-refractivity contribution in [3.05, 3.63) is 53.0 Å². The molecule has 7 heteroatoms. The molecule has 0 fully saturated rings. The minimum absolute atomic E-state index is 0.204. The fourth-order valence-corrected chi connectivity index (χ4v) is 3.39. The van der Waals surface area contributed by atoms with Crippen LogP contribution in [0.5, 0.6) is 5.75 Å². The van der Waals surface area contributed by atoms with E-state index in [9.17, 15) is 10.1 Å². The highest BCUT2D eigenvalue weighted by molar-refractivity contribution is 5.20. The summed E-state index contributed by atoms with van der Waals surface area (Å²) in [5.74, 6) is 0.779. The number of likely N-dealkylation sites (N-methyl/N-ethyl adjacent to an activating group) is 1. The standard InChI is InChI=1S/C22H40NO.C3H2N3O2/c1-4-5-6-7-8-9-10-11-12-16-19-23(2,3)20-21-24-22-17-14-13-15-18-22;7-6(8)3-1-4-2-5-3/h13-15,17-18H,4-12,16,19-21H2,1-3H3;1-2H/q+1;-1. The van der Waals surface area contributed by atoms with Crippen LogP contribution in [0, 0.1) is 10.1 Å². The number of nitro groups is 1. The number of imidazole rings is 1. The second kappa shape index (κ2) is 17.2. The minimum Gasteiger partial charge on any atom is -0.488 e. The molecule has 1 heterocycles. The quantitative estimate of drug-likeness (QED) is 0.136. The Kier molecular flexibility index (Phi) is 14.8. The maximum absolute atomic E-state index is 9.77. The van der Waals surface area contributed by atoms with E-state index in [2.05, 4.69) is 31.0 Å². The molecule has 32 heavy (non-hydrogen) atoms. The van der Waals surface area contributed by atoms with Gasteiger partial charge in [-0.15, -0.1) is 0 Å². The fraction of sp³-hybridized carbons (Fsp3) is 0.640. The van der Waals surface area contributed by atoms with Crippen LogP contribution in [0.3, 0.4) is 0 Å². The number of rotatable bonds is 16. The smallest absolute Gasteiger partial charge is 0.158 e. The highest BCUT2D eigenvalue weighted by Crippen LogP contribution is 2.12. The van der Waals surface area contributed by atoms with Crippen LogP contribution in [0.4, 0.5) is 5.82 Å². The molecule has 0 bridgehead atoms. The molecule has 7 nitrogen and oxygen atoms in total. The van der Waals surface area contributed by atoms with E-state index in [1.807, 2.05) is 30.3 Å². The lowest BCUT2D eigenvalue weighted by Gasteiger charge is -2.29. The van der Waals surface area contributed by atoms with Gasteiger partial charge in [0, 0.05) is 0 Å². The van der Waals surface area contributed by atoms with Crippen molar-refractivity contribution in [2.45, 2.75) is 71.1 Å². The van der Waals surface area contributed by atoms with Gasteiger partial charge in [0.15, 0.2) is 5.82 Å². The lowest BCUT2D eigenvalue weighted by Crippen LogP contribution is -2.43. The van der Waals surface area contributed by atoms with Crippen LogP contribution in [0.25, 0.3) is 0 Å². The number of ether oxygens (including phenoxy) is 1. The van der Waals surface area contributed by atoms with Crippen molar-refractivity contribution in [2.75, 3.05) is 33.8 Å². The molecule has 0 radical (unpaired) electrons. The number of benzene rings is 1. The fourth-order valence-electron chi connectivity index (χ4n) is 3.39. The molecular weight excluding hydrogens is 404 g/mol. The molecule has 1 aromatic heterocycles. The highest BCUT2D eigenvalue weighted by Gasteiger charge is 2.14. The van der Waals surface area contributed by atoms with Gasteiger partial charge < -0.3 is 29.3 Å². The molecule has 0 aliphatic carbocycles. The second-order valence-corrected chi connectivity index (χ2v) is 8.86. The Bertz CT molecular complexity index is 690. The summed E-state index contributed by atoms with van der Waals surface area (Å²) >= 11 is 0. The number of unbranched alkanes of at least 4 members (excludes halogenated alkanes) is 9. The Labute approximate surface area is 193 Å². The van der Waals surface area contributed by atoms with Crippen molar-refractivity contribution in [3.8, 4) is 5.75 Å². The zero-order chi connectivity index (χ0) is 23.5. The van der Waals surface area contributed by atoms with Crippen LogP contribution in [-0.2, 0) is 0 Å². The third-order valence-corrected chi connectivity index (χ3v) is 5.46. The van der Waals surface area contributed by atoms with E-state index in [4.69, 9.17) is 4.74 Å². The molecule has 0 N–H and O–H groups in total. The summed E-state index contributed by atoms with van der Waals surface area (Å²) in [6, 6.07) is 10.1. The van der Waals surface area contributed by atoms with Crippen LogP contribution in [-0.4, -0.2) is 48.2 Å². The summed E-state index contributed by atoms with van der Waals surface area (Å²) in [5.41, 5.74) is 0. The van der Waals surface area contributed by atoms with E-state index in [1.165, 1.54) is 70.8 Å². The molecule has 0 unspecified atom stereocenters. The summed E-state index contributed by atoms with van der Waals surface area (Å²) in [6.45, 7) is 5.42. The molecule has 0 aliphatic heterocycles. The monoisotopic (exact) mass is 446 g/mol. The van der Waals surface area contributed by atoms with Gasteiger partial charge in [0.25, 0.3) is 0 Å². The van der Waals surface area contributed by atoms with E-state index >= 15 is 0 Å². The number of nitrogens with zero attached hydrogens (tertiary/aromatic N) is 4. The topological polar surface area (TPSA) is 79.4 Å². The number of hydrogen-bond acceptors (Lipinski definition) is 4. The first-order valence-electron chi connectivity index (χ1n) is 12.0. The molecule has 2 rings (SSSR count). The van der Waals surface area contributed by atoms with Crippen molar-refractivity contribution in [3.63, 3.8) is 0 Å². The molecule has 0 amide bonds. The molecule has 1 aromatic carbocycles.